The van der Waals surface area contributed by atoms with E-state index in [0.717, 1.165) is 0 Å². The van der Waals surface area contributed by atoms with Gasteiger partial charge in [0, 0.05) is 6.92 Å². The van der Waals surface area contributed by atoms with E-state index >= 15 is 0 Å². The van der Waals surface area contributed by atoms with Gasteiger partial charge in [0.25, 0.3) is 0 Å². The van der Waals surface area contributed by atoms with Crippen molar-refractivity contribution in [3.8, 4) is 0 Å². The summed E-state index contributed by atoms with van der Waals surface area (Å²) in [5.41, 5.74) is 5.53. The molecule has 0 aromatic heterocycles. The first-order valence-electron chi connectivity index (χ1n) is 4.03. The van der Waals surface area contributed by atoms with Gasteiger partial charge in [-0.15, -0.1) is 0 Å². The number of Topliss-reactive ketones (excluding diaryl/α,β-unsaturated/α-hetero) is 1. The van der Waals surface area contributed by atoms with Gasteiger partial charge in [-0.05, 0) is 19.1 Å². The van der Waals surface area contributed by atoms with E-state index in [2.05, 4.69) is 12.6 Å². The Hall–Kier alpha value is -0.550. The molecule has 4 nitrogen and oxygen atoms in total. The van der Waals surface area contributed by atoms with Crippen LogP contribution >= 0.6 is 12.6 Å². The van der Waals surface area contributed by atoms with E-state index in [1.54, 1.807) is 0 Å². The highest BCUT2D eigenvalue weighted by Crippen LogP contribution is 2.05. The maximum atomic E-state index is 10.9. The topological polar surface area (TPSA) is 69.4 Å². The van der Waals surface area contributed by atoms with Gasteiger partial charge in [-0.1, -0.05) is 0 Å². The molecule has 13 heavy (non-hydrogen) atoms. The fourth-order valence-electron chi connectivity index (χ4n) is 0.914. The molecule has 0 amide bonds. The van der Waals surface area contributed by atoms with Crippen molar-refractivity contribution in [3.63, 3.8) is 0 Å². The zero-order valence-corrected chi connectivity index (χ0v) is 8.71. The Morgan fingerprint density at radius 1 is 1.46 bits per heavy atom. The number of hydrogen-bond donors (Lipinski definition) is 2. The number of esters is 1. The molecule has 0 aliphatic heterocycles. The zero-order valence-electron chi connectivity index (χ0n) is 7.82. The molecule has 0 heterocycles. The molecular weight excluding hydrogens is 190 g/mol. The molecule has 0 radical (unpaired) electrons. The summed E-state index contributed by atoms with van der Waals surface area (Å²) in [5, 5.41) is 0. The second kappa shape index (κ2) is 5.99. The molecule has 0 saturated carbocycles. The Balaban J connectivity index is 4.22. The normalized spacial score (nSPS) is 14.8. The van der Waals surface area contributed by atoms with Gasteiger partial charge >= 0.3 is 5.97 Å². The van der Waals surface area contributed by atoms with Crippen LogP contribution in [0.3, 0.4) is 0 Å². The summed E-state index contributed by atoms with van der Waals surface area (Å²) in [6.07, 6.45) is -0.0591. The molecule has 0 aliphatic rings. The summed E-state index contributed by atoms with van der Waals surface area (Å²) in [7, 11) is 0. The number of carbonyl (C=O) groups excluding carboxylic acids is 2. The summed E-state index contributed by atoms with van der Waals surface area (Å²) in [6.45, 7) is 2.66. The molecule has 0 aromatic rings. The molecule has 76 valence electrons. The van der Waals surface area contributed by atoms with E-state index < -0.39 is 18.1 Å². The van der Waals surface area contributed by atoms with Crippen molar-refractivity contribution in [1.29, 1.82) is 0 Å². The molecule has 0 fully saturated rings. The molecule has 0 saturated heterocycles. The van der Waals surface area contributed by atoms with Crippen molar-refractivity contribution in [1.82, 2.24) is 0 Å². The first-order valence-corrected chi connectivity index (χ1v) is 4.66. The van der Waals surface area contributed by atoms with E-state index in [1.165, 1.54) is 13.8 Å². The Kier molecular flexibility index (Phi) is 5.73. The van der Waals surface area contributed by atoms with Gasteiger partial charge in [0.15, 0.2) is 0 Å². The van der Waals surface area contributed by atoms with Crippen LogP contribution in [0.15, 0.2) is 0 Å². The molecule has 0 aliphatic carbocycles. The third-order valence-corrected chi connectivity index (χ3v) is 1.86. The lowest BCUT2D eigenvalue weighted by molar-refractivity contribution is -0.148. The lowest BCUT2D eigenvalue weighted by Crippen LogP contribution is -2.43. The lowest BCUT2D eigenvalue weighted by Gasteiger charge is -2.20. The number of nitrogens with two attached hydrogens (primary N) is 1. The third-order valence-electron chi connectivity index (χ3n) is 1.60. The van der Waals surface area contributed by atoms with Gasteiger partial charge in [0.1, 0.15) is 17.9 Å². The Morgan fingerprint density at radius 2 is 2.00 bits per heavy atom. The molecule has 0 bridgehead atoms. The van der Waals surface area contributed by atoms with Crippen molar-refractivity contribution < 1.29 is 14.3 Å². The maximum absolute atomic E-state index is 10.9. The Bertz CT molecular complexity index is 196. The van der Waals surface area contributed by atoms with Crippen LogP contribution in [0.25, 0.3) is 0 Å². The number of hydrogen-bond acceptors (Lipinski definition) is 5. The number of ketones is 1. The average molecular weight is 205 g/mol. The first kappa shape index (κ1) is 12.4. The molecule has 5 heteroatoms. The van der Waals surface area contributed by atoms with Gasteiger partial charge < -0.3 is 10.5 Å². The van der Waals surface area contributed by atoms with Crippen molar-refractivity contribution in [3.05, 3.63) is 0 Å². The van der Waals surface area contributed by atoms with Crippen LogP contribution in [-0.4, -0.2) is 29.7 Å². The first-order chi connectivity index (χ1) is 5.99. The molecule has 0 rings (SSSR count). The van der Waals surface area contributed by atoms with E-state index in [1.807, 2.05) is 0 Å². The second-order valence-electron chi connectivity index (χ2n) is 2.80. The molecule has 2 N–H and O–H groups in total. The van der Waals surface area contributed by atoms with Crippen LogP contribution in [0.5, 0.6) is 0 Å². The maximum Gasteiger partial charge on any atom is 0.302 e. The summed E-state index contributed by atoms with van der Waals surface area (Å²) in [6, 6.07) is -0.740. The lowest BCUT2D eigenvalue weighted by atomic mass is 10.1. The molecule has 0 aromatic carbocycles. The van der Waals surface area contributed by atoms with E-state index in [9.17, 15) is 9.59 Å². The standard InChI is InChI=1S/C8H15NO3S/c1-5(10)8(9)7(3-4-13)12-6(2)11/h7-8,13H,3-4,9H2,1-2H3. The molecular formula is C8H15NO3S. The number of ether oxygens (including phenoxy) is 1. The second-order valence-corrected chi connectivity index (χ2v) is 3.24. The van der Waals surface area contributed by atoms with Crippen molar-refractivity contribution in [2.45, 2.75) is 32.4 Å². The summed E-state index contributed by atoms with van der Waals surface area (Å²) >= 11 is 3.99. The van der Waals surface area contributed by atoms with Crippen LogP contribution < -0.4 is 5.73 Å². The highest BCUT2D eigenvalue weighted by molar-refractivity contribution is 7.80. The van der Waals surface area contributed by atoms with Crippen LogP contribution in [0.4, 0.5) is 0 Å². The fourth-order valence-corrected chi connectivity index (χ4v) is 1.17. The predicted octanol–water partition coefficient (Wildman–Crippen LogP) is 0.154. The third kappa shape index (κ3) is 4.90. The van der Waals surface area contributed by atoms with Crippen molar-refractivity contribution in [2.24, 2.45) is 5.73 Å². The monoisotopic (exact) mass is 205 g/mol. The van der Waals surface area contributed by atoms with E-state index in [4.69, 9.17) is 10.5 Å². The van der Waals surface area contributed by atoms with Crippen LogP contribution in [-0.2, 0) is 14.3 Å². The Morgan fingerprint density at radius 3 is 2.31 bits per heavy atom. The minimum absolute atomic E-state index is 0.187. The smallest absolute Gasteiger partial charge is 0.302 e. The highest BCUT2D eigenvalue weighted by Gasteiger charge is 2.23. The minimum atomic E-state index is -0.740. The largest absolute Gasteiger partial charge is 0.460 e. The predicted molar refractivity (Wildman–Crippen MR) is 52.7 cm³/mol. The zero-order chi connectivity index (χ0) is 10.4. The summed E-state index contributed by atoms with van der Waals surface area (Å²) in [4.78, 5) is 21.5. The Labute approximate surface area is 83.2 Å². The van der Waals surface area contributed by atoms with E-state index in [0.29, 0.717) is 12.2 Å². The van der Waals surface area contributed by atoms with Gasteiger partial charge in [-0.2, -0.15) is 12.6 Å². The van der Waals surface area contributed by atoms with E-state index in [-0.39, 0.29) is 5.78 Å². The van der Waals surface area contributed by atoms with Gasteiger partial charge in [-0.3, -0.25) is 9.59 Å². The number of rotatable bonds is 5. The quantitative estimate of drug-likeness (QED) is 0.495. The van der Waals surface area contributed by atoms with Crippen LogP contribution in [0, 0.1) is 0 Å². The highest BCUT2D eigenvalue weighted by atomic mass is 32.1. The SMILES string of the molecule is CC(=O)OC(CCS)C(N)C(C)=O. The molecule has 2 atom stereocenters. The summed E-state index contributed by atoms with van der Waals surface area (Å²) in [5.74, 6) is -0.0876. The number of thiol groups is 1. The molecule has 0 spiro atoms. The van der Waals surface area contributed by atoms with Gasteiger partial charge in [-0.25, -0.2) is 0 Å². The number of carbonyl (C=O) groups is 2. The van der Waals surface area contributed by atoms with Crippen molar-refractivity contribution >= 4 is 24.4 Å². The van der Waals surface area contributed by atoms with Gasteiger partial charge in [0.2, 0.25) is 0 Å². The summed E-state index contributed by atoms with van der Waals surface area (Å²) < 4.78 is 4.88. The average Bonchev–Trinajstić information content (AvgIpc) is 2.01. The van der Waals surface area contributed by atoms with Crippen LogP contribution in [0.2, 0.25) is 0 Å². The van der Waals surface area contributed by atoms with Gasteiger partial charge in [0.05, 0.1) is 0 Å². The van der Waals surface area contributed by atoms with Crippen molar-refractivity contribution in [2.75, 3.05) is 5.75 Å². The molecule has 2 unspecified atom stereocenters. The van der Waals surface area contributed by atoms with Crippen LogP contribution in [0.1, 0.15) is 20.3 Å². The minimum Gasteiger partial charge on any atom is -0.460 e. The fraction of sp³-hybridized carbons (Fsp3) is 0.750.